The van der Waals surface area contributed by atoms with E-state index in [9.17, 15) is 24.3 Å². The summed E-state index contributed by atoms with van der Waals surface area (Å²) in [5, 5.41) is 14.8. The number of ether oxygens (including phenoxy) is 2. The lowest BCUT2D eigenvalue weighted by Gasteiger charge is -2.30. The van der Waals surface area contributed by atoms with E-state index in [4.69, 9.17) is 19.4 Å². The summed E-state index contributed by atoms with van der Waals surface area (Å²) in [4.78, 5) is 73.2. The third-order valence-electron chi connectivity index (χ3n) is 13.2. The van der Waals surface area contributed by atoms with Crippen LogP contribution in [0.1, 0.15) is 72.6 Å². The number of para-hydroxylation sites is 1. The van der Waals surface area contributed by atoms with Crippen molar-refractivity contribution in [2.24, 2.45) is 11.8 Å². The number of methoxy groups -OCH3 is 1. The Morgan fingerprint density at radius 1 is 0.656 bits per heavy atom. The van der Waals surface area contributed by atoms with Gasteiger partial charge in [-0.15, -0.1) is 0 Å². The molecule has 0 spiro atoms. The largest absolute Gasteiger partial charge is 0.465 e. The molecule has 11 rings (SSSR count). The molecule has 322 valence electrons. The molecule has 4 amide bonds. The second-order valence-corrected chi connectivity index (χ2v) is 17.1. The van der Waals surface area contributed by atoms with Crippen molar-refractivity contribution in [2.45, 2.75) is 61.9 Å². The average Bonchev–Trinajstić information content (AvgIpc) is 3.97. The first-order valence-corrected chi connectivity index (χ1v) is 21.6. The molecule has 0 bridgehead atoms. The van der Waals surface area contributed by atoms with Gasteiger partial charge >= 0.3 is 12.2 Å². The Morgan fingerprint density at radius 3 is 1.84 bits per heavy atom. The summed E-state index contributed by atoms with van der Waals surface area (Å²) >= 11 is 0. The van der Waals surface area contributed by atoms with E-state index in [1.165, 1.54) is 7.11 Å². The van der Waals surface area contributed by atoms with Crippen molar-refractivity contribution in [1.82, 2.24) is 40.4 Å². The van der Waals surface area contributed by atoms with Gasteiger partial charge in [-0.25, -0.2) is 19.6 Å². The molecule has 2 saturated heterocycles. The van der Waals surface area contributed by atoms with Crippen LogP contribution in [0.5, 0.6) is 11.5 Å². The van der Waals surface area contributed by atoms with Crippen LogP contribution in [-0.4, -0.2) is 78.0 Å². The number of carboxylic acid groups (broad SMARTS) is 1. The standard InChI is InChI=1S/C49H44N8O7/c1-63-49(62)55-42(28-11-6-3-7-12-28)47(59)57-37-23-31(37)25-39(57)45-51-34-13-8-14-40(43(34)53-45)64-32-18-15-26(16-19-32)29-17-20-33-35(21-29)52-44(50-33)38-24-30-22-36(30)56(38)46(58)41(54-48(60)61)27-9-4-2-5-10-27/h2-21,30-31,36-39,41-42,54H,22-25H2,1H3,(H,50,52)(H,51,53)(H,55,62)(H,60,61)/t30-,31+,36-,37-,38+,39+,41?,42?/m1/s1. The van der Waals surface area contributed by atoms with Crippen molar-refractivity contribution in [3.8, 4) is 22.6 Å². The molecule has 5 N–H and O–H groups in total. The lowest BCUT2D eigenvalue weighted by molar-refractivity contribution is -0.136. The first-order valence-electron chi connectivity index (χ1n) is 21.6. The van der Waals surface area contributed by atoms with E-state index in [1.54, 1.807) is 24.3 Å². The van der Waals surface area contributed by atoms with E-state index in [-0.39, 0.29) is 36.0 Å². The van der Waals surface area contributed by atoms with Gasteiger partial charge in [-0.1, -0.05) is 84.9 Å². The van der Waals surface area contributed by atoms with Crippen LogP contribution >= 0.6 is 0 Å². The van der Waals surface area contributed by atoms with Crippen molar-refractivity contribution in [3.63, 3.8) is 0 Å². The highest BCUT2D eigenvalue weighted by atomic mass is 16.5. The predicted octanol–water partition coefficient (Wildman–Crippen LogP) is 8.33. The Hall–Kier alpha value is -7.68. The zero-order valence-electron chi connectivity index (χ0n) is 34.7. The number of amides is 4. The zero-order valence-corrected chi connectivity index (χ0v) is 34.7. The first kappa shape index (κ1) is 39.2. The summed E-state index contributed by atoms with van der Waals surface area (Å²) < 4.78 is 11.3. The Kier molecular flexibility index (Phi) is 9.55. The maximum atomic E-state index is 14.3. The van der Waals surface area contributed by atoms with Crippen molar-refractivity contribution >= 4 is 46.1 Å². The third-order valence-corrected chi connectivity index (χ3v) is 13.2. The van der Waals surface area contributed by atoms with Crippen LogP contribution < -0.4 is 15.4 Å². The number of carbonyl (C=O) groups excluding carboxylic acids is 3. The molecular weight excluding hydrogens is 813 g/mol. The molecule has 8 atom stereocenters. The number of nitrogens with zero attached hydrogens (tertiary/aromatic N) is 4. The normalized spacial score (nSPS) is 22.6. The van der Waals surface area contributed by atoms with Crippen molar-refractivity contribution < 1.29 is 33.8 Å². The molecule has 4 heterocycles. The summed E-state index contributed by atoms with van der Waals surface area (Å²) in [5.41, 5.74) is 6.23. The van der Waals surface area contributed by atoms with Crippen molar-refractivity contribution in [3.05, 3.63) is 144 Å². The number of aromatic amines is 2. The van der Waals surface area contributed by atoms with Gasteiger partial charge in [0.15, 0.2) is 5.75 Å². The minimum Gasteiger partial charge on any atom is -0.465 e. The molecule has 2 aliphatic carbocycles. The molecule has 2 saturated carbocycles. The van der Waals surface area contributed by atoms with Gasteiger partial charge in [0.1, 0.15) is 35.0 Å². The Bertz CT molecular complexity index is 2940. The Morgan fingerprint density at radius 2 is 1.23 bits per heavy atom. The molecule has 0 radical (unpaired) electrons. The van der Waals surface area contributed by atoms with Crippen molar-refractivity contribution in [2.75, 3.05) is 7.11 Å². The third kappa shape index (κ3) is 7.12. The van der Waals surface area contributed by atoms with E-state index < -0.39 is 24.3 Å². The molecule has 5 aromatic carbocycles. The van der Waals surface area contributed by atoms with Gasteiger partial charge in [0.2, 0.25) is 0 Å². The second-order valence-electron chi connectivity index (χ2n) is 17.1. The molecule has 15 nitrogen and oxygen atoms in total. The molecule has 64 heavy (non-hydrogen) atoms. The van der Waals surface area contributed by atoms with Gasteiger partial charge in [0.25, 0.3) is 11.8 Å². The number of likely N-dealkylation sites (tertiary alicyclic amines) is 2. The fourth-order valence-corrected chi connectivity index (χ4v) is 9.97. The summed E-state index contributed by atoms with van der Waals surface area (Å²) in [6, 6.07) is 35.3. The van der Waals surface area contributed by atoms with Gasteiger partial charge in [-0.3, -0.25) is 9.59 Å². The van der Waals surface area contributed by atoms with E-state index in [1.807, 2.05) is 107 Å². The average molecular weight is 857 g/mol. The smallest absolute Gasteiger partial charge is 0.407 e. The van der Waals surface area contributed by atoms with E-state index in [0.29, 0.717) is 51.6 Å². The molecule has 2 aliphatic heterocycles. The lowest BCUT2D eigenvalue weighted by Crippen LogP contribution is -2.44. The monoisotopic (exact) mass is 856 g/mol. The van der Waals surface area contributed by atoms with Gasteiger partial charge < -0.3 is 45.0 Å². The number of carbonyl (C=O) groups is 4. The molecule has 4 aliphatic rings. The SMILES string of the molecule is COC(=O)NC(C(=O)N1[C@@H]2C[C@H]2C[C@H]1c1nc2c(Oc3ccc(-c4ccc5[nH]c([C@@H]6C[C@H]7C[C@H]7N6C(=O)C(NC(=O)O)c6ccccc6)nc5c4)cc3)cccc2[nH]1)c1ccccc1. The number of rotatable bonds is 11. The van der Waals surface area contributed by atoms with Crippen LogP contribution in [0.4, 0.5) is 9.59 Å². The zero-order chi connectivity index (χ0) is 43.6. The minimum absolute atomic E-state index is 0.0566. The topological polar surface area (TPSA) is 195 Å². The van der Waals surface area contributed by atoms with E-state index in [2.05, 4.69) is 20.6 Å². The van der Waals surface area contributed by atoms with Crippen LogP contribution in [0.3, 0.4) is 0 Å². The summed E-state index contributed by atoms with van der Waals surface area (Å²) in [7, 11) is 1.28. The highest BCUT2D eigenvalue weighted by Gasteiger charge is 2.57. The van der Waals surface area contributed by atoms with Crippen LogP contribution in [0.15, 0.2) is 121 Å². The van der Waals surface area contributed by atoms with Crippen LogP contribution in [0.25, 0.3) is 33.2 Å². The van der Waals surface area contributed by atoms with Gasteiger partial charge in [-0.05, 0) is 96.2 Å². The fourth-order valence-electron chi connectivity index (χ4n) is 9.97. The Balaban J connectivity index is 0.807. The summed E-state index contributed by atoms with van der Waals surface area (Å²) in [6.07, 6.45) is 1.40. The van der Waals surface area contributed by atoms with Crippen LogP contribution in [0.2, 0.25) is 0 Å². The number of benzene rings is 5. The highest BCUT2D eigenvalue weighted by molar-refractivity contribution is 5.90. The van der Waals surface area contributed by atoms with Gasteiger partial charge in [-0.2, -0.15) is 0 Å². The number of nitrogens with one attached hydrogen (secondary N) is 4. The number of aromatic nitrogens is 4. The van der Waals surface area contributed by atoms with E-state index in [0.717, 1.165) is 53.4 Å². The molecule has 2 aromatic heterocycles. The maximum Gasteiger partial charge on any atom is 0.407 e. The maximum absolute atomic E-state index is 14.3. The molecule has 7 aromatic rings. The quantitative estimate of drug-likeness (QED) is 0.0850. The number of hydrogen-bond donors (Lipinski definition) is 5. The van der Waals surface area contributed by atoms with Crippen molar-refractivity contribution in [1.29, 1.82) is 0 Å². The van der Waals surface area contributed by atoms with E-state index >= 15 is 0 Å². The Labute approximate surface area is 366 Å². The number of H-pyrrole nitrogens is 2. The minimum atomic E-state index is -1.25. The number of alkyl carbamates (subject to hydrolysis) is 1. The number of hydrogen-bond acceptors (Lipinski definition) is 8. The summed E-state index contributed by atoms with van der Waals surface area (Å²) in [6.45, 7) is 0. The second kappa shape index (κ2) is 15.6. The predicted molar refractivity (Wildman–Crippen MR) is 235 cm³/mol. The molecule has 4 fully saturated rings. The first-order chi connectivity index (χ1) is 31.2. The number of fused-ring (bicyclic) bond motifs is 4. The summed E-state index contributed by atoms with van der Waals surface area (Å²) in [5.74, 6) is 2.79. The van der Waals surface area contributed by atoms with Gasteiger partial charge in [0.05, 0.1) is 35.7 Å². The van der Waals surface area contributed by atoms with Crippen LogP contribution in [0, 0.1) is 11.8 Å². The lowest BCUT2D eigenvalue weighted by atomic mass is 10.0. The van der Waals surface area contributed by atoms with Gasteiger partial charge in [0, 0.05) is 12.1 Å². The molecule has 15 heteroatoms. The molecule has 2 unspecified atom stereocenters. The molecular formula is C49H44N8O7. The van der Waals surface area contributed by atoms with Crippen LogP contribution in [-0.2, 0) is 14.3 Å². The highest BCUT2D eigenvalue weighted by Crippen LogP contribution is 2.55. The fraction of sp³-hybridized carbons (Fsp3) is 0.265. The number of piperidine rings is 2. The number of imidazole rings is 2.